The first-order chi connectivity index (χ1) is 14.9. The summed E-state index contributed by atoms with van der Waals surface area (Å²) in [7, 11) is 0. The minimum absolute atomic E-state index is 0.0231. The number of imide groups is 1. The predicted molar refractivity (Wildman–Crippen MR) is 121 cm³/mol. The number of allylic oxidation sites excluding steroid dienone is 2. The molecule has 1 saturated carbocycles. The van der Waals surface area contributed by atoms with Crippen molar-refractivity contribution in [1.29, 1.82) is 0 Å². The molecule has 2 aromatic rings. The van der Waals surface area contributed by atoms with E-state index in [0.29, 0.717) is 5.69 Å². The van der Waals surface area contributed by atoms with E-state index in [2.05, 4.69) is 33.4 Å². The Labute approximate surface area is 189 Å². The molecule has 1 aliphatic heterocycles. The summed E-state index contributed by atoms with van der Waals surface area (Å²) in [6.45, 7) is 1.96. The molecule has 1 N–H and O–H groups in total. The molecule has 158 valence electrons. The highest BCUT2D eigenvalue weighted by atomic mass is 79.9. The third-order valence-corrected chi connectivity index (χ3v) is 7.28. The van der Waals surface area contributed by atoms with Crippen LogP contribution in [0.5, 0.6) is 0 Å². The van der Waals surface area contributed by atoms with Crippen molar-refractivity contribution in [3.63, 3.8) is 0 Å². The SMILES string of the molecule is Cc1cccc(NC(=O)CC(c2ccc(Br)cc2)N2C(=O)C3C4C=CC(C4)C3C2=O)c1. The van der Waals surface area contributed by atoms with Gasteiger partial charge in [-0.1, -0.05) is 52.3 Å². The number of likely N-dealkylation sites (tertiary alicyclic amines) is 1. The molecule has 5 atom stereocenters. The fraction of sp³-hybridized carbons (Fsp3) is 0.320. The van der Waals surface area contributed by atoms with Crippen LogP contribution in [0.2, 0.25) is 0 Å². The van der Waals surface area contributed by atoms with Crippen LogP contribution in [0, 0.1) is 30.6 Å². The molecule has 6 heteroatoms. The molecular weight excluding hydrogens is 456 g/mol. The normalized spacial score (nSPS) is 27.0. The molecule has 3 amide bonds. The maximum absolute atomic E-state index is 13.4. The first-order valence-corrected chi connectivity index (χ1v) is 11.4. The summed E-state index contributed by atoms with van der Waals surface area (Å²) in [6, 6.07) is 14.4. The van der Waals surface area contributed by atoms with Crippen molar-refractivity contribution < 1.29 is 14.4 Å². The topological polar surface area (TPSA) is 66.5 Å². The average molecular weight is 479 g/mol. The van der Waals surface area contributed by atoms with Crippen LogP contribution < -0.4 is 5.32 Å². The van der Waals surface area contributed by atoms with Gasteiger partial charge in [0, 0.05) is 10.2 Å². The third-order valence-electron chi connectivity index (χ3n) is 6.75. The standard InChI is InChI=1S/C25H23BrN2O3/c1-14-3-2-4-19(11-14)27-21(29)13-20(15-7-9-18(26)10-8-15)28-24(30)22-16-5-6-17(12-16)23(22)25(28)31/h2-11,16-17,20,22-23H,12-13H2,1H3,(H,27,29). The van der Waals surface area contributed by atoms with Crippen molar-refractivity contribution in [1.82, 2.24) is 4.90 Å². The zero-order valence-corrected chi connectivity index (χ0v) is 18.7. The van der Waals surface area contributed by atoms with Gasteiger partial charge >= 0.3 is 0 Å². The molecule has 3 aliphatic rings. The fourth-order valence-electron chi connectivity index (χ4n) is 5.39. The maximum Gasteiger partial charge on any atom is 0.234 e. The number of carbonyl (C=O) groups excluding carboxylic acids is 3. The zero-order chi connectivity index (χ0) is 21.7. The minimum atomic E-state index is -0.622. The zero-order valence-electron chi connectivity index (χ0n) is 17.1. The van der Waals surface area contributed by atoms with Crippen LogP contribution in [0.4, 0.5) is 5.69 Å². The first kappa shape index (κ1) is 20.2. The summed E-state index contributed by atoms with van der Waals surface area (Å²) in [5, 5.41) is 2.92. The molecular formula is C25H23BrN2O3. The van der Waals surface area contributed by atoms with E-state index >= 15 is 0 Å². The highest BCUT2D eigenvalue weighted by Crippen LogP contribution is 2.54. The van der Waals surface area contributed by atoms with Crippen LogP contribution >= 0.6 is 15.9 Å². The van der Waals surface area contributed by atoms with Gasteiger partial charge in [0.1, 0.15) is 0 Å². The lowest BCUT2D eigenvalue weighted by atomic mass is 9.85. The summed E-state index contributed by atoms with van der Waals surface area (Å²) in [4.78, 5) is 41.1. The number of carbonyl (C=O) groups is 3. The van der Waals surface area contributed by atoms with Crippen LogP contribution in [-0.4, -0.2) is 22.6 Å². The molecule has 5 nitrogen and oxygen atoms in total. The Balaban J connectivity index is 1.44. The second-order valence-corrected chi connectivity index (χ2v) is 9.65. The number of hydrogen-bond acceptors (Lipinski definition) is 3. The summed E-state index contributed by atoms with van der Waals surface area (Å²) >= 11 is 3.43. The third kappa shape index (κ3) is 3.53. The molecule has 31 heavy (non-hydrogen) atoms. The molecule has 5 unspecified atom stereocenters. The Morgan fingerprint density at radius 2 is 1.71 bits per heavy atom. The highest BCUT2D eigenvalue weighted by Gasteiger charge is 2.60. The van der Waals surface area contributed by atoms with Crippen LogP contribution in [0.1, 0.15) is 30.0 Å². The molecule has 2 aromatic carbocycles. The number of nitrogens with one attached hydrogen (secondary N) is 1. The average Bonchev–Trinajstić information content (AvgIpc) is 3.41. The molecule has 2 bridgehead atoms. The molecule has 2 aliphatic carbocycles. The van der Waals surface area contributed by atoms with Crippen molar-refractivity contribution in [2.45, 2.75) is 25.8 Å². The Morgan fingerprint density at radius 1 is 1.06 bits per heavy atom. The maximum atomic E-state index is 13.4. The van der Waals surface area contributed by atoms with Gasteiger partial charge in [0.15, 0.2) is 0 Å². The predicted octanol–water partition coefficient (Wildman–Crippen LogP) is 4.63. The second kappa shape index (κ2) is 7.75. The Morgan fingerprint density at radius 3 is 2.32 bits per heavy atom. The van der Waals surface area contributed by atoms with Gasteiger partial charge in [-0.15, -0.1) is 0 Å². The van der Waals surface area contributed by atoms with Gasteiger partial charge < -0.3 is 5.32 Å². The van der Waals surface area contributed by atoms with Crippen LogP contribution in [-0.2, 0) is 14.4 Å². The molecule has 1 heterocycles. The van der Waals surface area contributed by atoms with Crippen molar-refractivity contribution in [2.75, 3.05) is 5.32 Å². The monoisotopic (exact) mass is 478 g/mol. The minimum Gasteiger partial charge on any atom is -0.326 e. The number of rotatable bonds is 5. The van der Waals surface area contributed by atoms with E-state index in [1.165, 1.54) is 4.90 Å². The Bertz CT molecular complexity index is 1060. The van der Waals surface area contributed by atoms with Gasteiger partial charge in [0.2, 0.25) is 17.7 Å². The smallest absolute Gasteiger partial charge is 0.234 e. The summed E-state index contributed by atoms with van der Waals surface area (Å²) in [6.07, 6.45) is 5.08. The lowest BCUT2D eigenvalue weighted by Crippen LogP contribution is -2.38. The van der Waals surface area contributed by atoms with E-state index in [1.54, 1.807) is 0 Å². The van der Waals surface area contributed by atoms with Gasteiger partial charge in [0.05, 0.1) is 24.3 Å². The quantitative estimate of drug-likeness (QED) is 0.502. The Hall–Kier alpha value is -2.73. The number of aryl methyl sites for hydroxylation is 1. The molecule has 0 spiro atoms. The summed E-state index contributed by atoms with van der Waals surface area (Å²) in [5.41, 5.74) is 2.53. The number of amides is 3. The number of nitrogens with zero attached hydrogens (tertiary/aromatic N) is 1. The molecule has 2 fully saturated rings. The first-order valence-electron chi connectivity index (χ1n) is 10.6. The van der Waals surface area contributed by atoms with Gasteiger partial charge in [-0.25, -0.2) is 0 Å². The Kier molecular flexibility index (Phi) is 5.05. The van der Waals surface area contributed by atoms with Crippen molar-refractivity contribution in [3.05, 3.63) is 76.3 Å². The van der Waals surface area contributed by atoms with E-state index in [0.717, 1.165) is 22.0 Å². The molecule has 1 saturated heterocycles. The van der Waals surface area contributed by atoms with Crippen LogP contribution in [0.25, 0.3) is 0 Å². The van der Waals surface area contributed by atoms with Crippen molar-refractivity contribution >= 4 is 39.3 Å². The van der Waals surface area contributed by atoms with Gasteiger partial charge in [-0.05, 0) is 60.6 Å². The number of hydrogen-bond donors (Lipinski definition) is 1. The highest BCUT2D eigenvalue weighted by molar-refractivity contribution is 9.10. The lowest BCUT2D eigenvalue weighted by Gasteiger charge is -2.28. The van der Waals surface area contributed by atoms with E-state index in [1.807, 2.05) is 55.5 Å². The largest absolute Gasteiger partial charge is 0.326 e. The van der Waals surface area contributed by atoms with Crippen molar-refractivity contribution in [3.8, 4) is 0 Å². The van der Waals surface area contributed by atoms with Crippen LogP contribution in [0.15, 0.2) is 65.2 Å². The van der Waals surface area contributed by atoms with Gasteiger partial charge in [-0.3, -0.25) is 19.3 Å². The summed E-state index contributed by atoms with van der Waals surface area (Å²) in [5.74, 6) is -0.768. The summed E-state index contributed by atoms with van der Waals surface area (Å²) < 4.78 is 0.900. The second-order valence-electron chi connectivity index (χ2n) is 8.74. The molecule has 0 radical (unpaired) electrons. The fourth-order valence-corrected chi connectivity index (χ4v) is 5.65. The molecule has 5 rings (SSSR count). The number of benzene rings is 2. The van der Waals surface area contributed by atoms with E-state index in [9.17, 15) is 14.4 Å². The van der Waals surface area contributed by atoms with Crippen LogP contribution in [0.3, 0.4) is 0 Å². The number of fused-ring (bicyclic) bond motifs is 5. The van der Waals surface area contributed by atoms with E-state index in [-0.39, 0.29) is 47.8 Å². The lowest BCUT2D eigenvalue weighted by molar-refractivity contribution is -0.144. The van der Waals surface area contributed by atoms with Gasteiger partial charge in [-0.2, -0.15) is 0 Å². The molecule has 0 aromatic heterocycles. The van der Waals surface area contributed by atoms with Crippen molar-refractivity contribution in [2.24, 2.45) is 23.7 Å². The van der Waals surface area contributed by atoms with E-state index in [4.69, 9.17) is 0 Å². The van der Waals surface area contributed by atoms with E-state index < -0.39 is 6.04 Å². The number of anilines is 1. The number of halogens is 1. The van der Waals surface area contributed by atoms with Gasteiger partial charge in [0.25, 0.3) is 0 Å².